The molecule has 0 saturated carbocycles. The molecule has 2 nitrogen and oxygen atoms in total. The first-order valence-corrected chi connectivity index (χ1v) is 5.32. The van der Waals surface area contributed by atoms with Crippen molar-refractivity contribution in [1.29, 1.82) is 0 Å². The van der Waals surface area contributed by atoms with Gasteiger partial charge in [-0.15, -0.1) is 6.58 Å². The largest absolute Gasteiger partial charge is 0.377 e. The summed E-state index contributed by atoms with van der Waals surface area (Å²) >= 11 is 0. The molecular formula is C13H19NO. The van der Waals surface area contributed by atoms with Crippen molar-refractivity contribution in [2.24, 2.45) is 5.73 Å². The first-order valence-electron chi connectivity index (χ1n) is 5.32. The van der Waals surface area contributed by atoms with Crippen LogP contribution in [-0.2, 0) is 11.3 Å². The van der Waals surface area contributed by atoms with E-state index in [1.54, 1.807) is 6.08 Å². The van der Waals surface area contributed by atoms with Gasteiger partial charge in [-0.05, 0) is 18.4 Å². The summed E-state index contributed by atoms with van der Waals surface area (Å²) in [7, 11) is 0. The van der Waals surface area contributed by atoms with E-state index in [1.165, 1.54) is 5.56 Å². The molecule has 2 heteroatoms. The van der Waals surface area contributed by atoms with E-state index in [-0.39, 0.29) is 6.04 Å². The van der Waals surface area contributed by atoms with Crippen LogP contribution < -0.4 is 5.73 Å². The lowest BCUT2D eigenvalue weighted by Gasteiger charge is -2.06. The molecule has 1 atom stereocenters. The third-order valence-electron chi connectivity index (χ3n) is 2.24. The Bertz CT molecular complexity index is 271. The summed E-state index contributed by atoms with van der Waals surface area (Å²) in [6.07, 6.45) is 3.70. The van der Waals surface area contributed by atoms with Gasteiger partial charge < -0.3 is 10.5 Å². The molecule has 0 fully saturated rings. The lowest BCUT2D eigenvalue weighted by Crippen LogP contribution is -2.16. The van der Waals surface area contributed by atoms with Gasteiger partial charge in [0.1, 0.15) is 0 Å². The highest BCUT2D eigenvalue weighted by Crippen LogP contribution is 2.02. The van der Waals surface area contributed by atoms with Gasteiger partial charge in [0.25, 0.3) is 0 Å². The fraction of sp³-hybridized carbons (Fsp3) is 0.385. The second kappa shape index (κ2) is 7.21. The fourth-order valence-electron chi connectivity index (χ4n) is 1.30. The summed E-state index contributed by atoms with van der Waals surface area (Å²) in [6.45, 7) is 5.09. The van der Waals surface area contributed by atoms with Crippen molar-refractivity contribution in [1.82, 2.24) is 0 Å². The number of ether oxygens (including phenoxy) is 1. The van der Waals surface area contributed by atoms with Gasteiger partial charge in [0.15, 0.2) is 0 Å². The van der Waals surface area contributed by atoms with Crippen LogP contribution in [0.1, 0.15) is 18.4 Å². The van der Waals surface area contributed by atoms with Crippen molar-refractivity contribution >= 4 is 0 Å². The van der Waals surface area contributed by atoms with Crippen LogP contribution in [0.25, 0.3) is 0 Å². The summed E-state index contributed by atoms with van der Waals surface area (Å²) < 4.78 is 5.52. The first-order chi connectivity index (χ1) is 7.33. The molecule has 0 heterocycles. The van der Waals surface area contributed by atoms with Crippen molar-refractivity contribution in [2.45, 2.75) is 25.5 Å². The van der Waals surface area contributed by atoms with E-state index in [1.807, 2.05) is 18.2 Å². The van der Waals surface area contributed by atoms with Gasteiger partial charge in [0.2, 0.25) is 0 Å². The van der Waals surface area contributed by atoms with Gasteiger partial charge in [-0.3, -0.25) is 0 Å². The SMILES string of the molecule is C=CC(N)CCCOCc1ccccc1. The standard InChI is InChI=1S/C13H19NO/c1-2-13(14)9-6-10-15-11-12-7-4-3-5-8-12/h2-5,7-8,13H,1,6,9-11,14H2. The highest BCUT2D eigenvalue weighted by atomic mass is 16.5. The third kappa shape index (κ3) is 5.35. The summed E-state index contributed by atoms with van der Waals surface area (Å²) in [4.78, 5) is 0. The number of hydrogen-bond donors (Lipinski definition) is 1. The van der Waals surface area contributed by atoms with Crippen LogP contribution >= 0.6 is 0 Å². The highest BCUT2D eigenvalue weighted by Gasteiger charge is 1.96. The van der Waals surface area contributed by atoms with Gasteiger partial charge in [-0.25, -0.2) is 0 Å². The van der Waals surface area contributed by atoms with Crippen molar-refractivity contribution < 1.29 is 4.74 Å². The van der Waals surface area contributed by atoms with E-state index in [2.05, 4.69) is 18.7 Å². The second-order valence-electron chi connectivity index (χ2n) is 3.58. The number of nitrogens with two attached hydrogens (primary N) is 1. The Morgan fingerprint density at radius 1 is 1.33 bits per heavy atom. The Hall–Kier alpha value is -1.12. The van der Waals surface area contributed by atoms with E-state index in [4.69, 9.17) is 10.5 Å². The van der Waals surface area contributed by atoms with Crippen LogP contribution in [0.15, 0.2) is 43.0 Å². The minimum atomic E-state index is 0.102. The van der Waals surface area contributed by atoms with Crippen LogP contribution in [0, 0.1) is 0 Å². The predicted molar refractivity (Wildman–Crippen MR) is 63.5 cm³/mol. The van der Waals surface area contributed by atoms with Crippen LogP contribution in [0.5, 0.6) is 0 Å². The minimum absolute atomic E-state index is 0.102. The fourth-order valence-corrected chi connectivity index (χ4v) is 1.30. The van der Waals surface area contributed by atoms with E-state index in [0.29, 0.717) is 6.61 Å². The first kappa shape index (κ1) is 12.0. The maximum Gasteiger partial charge on any atom is 0.0716 e. The third-order valence-corrected chi connectivity index (χ3v) is 2.24. The molecule has 0 radical (unpaired) electrons. The number of benzene rings is 1. The minimum Gasteiger partial charge on any atom is -0.377 e. The molecule has 0 saturated heterocycles. The Labute approximate surface area is 91.7 Å². The molecule has 82 valence electrons. The highest BCUT2D eigenvalue weighted by molar-refractivity contribution is 5.13. The summed E-state index contributed by atoms with van der Waals surface area (Å²) in [6, 6.07) is 10.3. The molecule has 1 aromatic rings. The van der Waals surface area contributed by atoms with Crippen molar-refractivity contribution in [2.75, 3.05) is 6.61 Å². The predicted octanol–water partition coefficient (Wildman–Crippen LogP) is 2.50. The van der Waals surface area contributed by atoms with Crippen molar-refractivity contribution in [3.05, 3.63) is 48.6 Å². The monoisotopic (exact) mass is 205 g/mol. The van der Waals surface area contributed by atoms with Crippen LogP contribution in [-0.4, -0.2) is 12.6 Å². The second-order valence-corrected chi connectivity index (χ2v) is 3.58. The average Bonchev–Trinajstić information content (AvgIpc) is 2.29. The molecular weight excluding hydrogens is 186 g/mol. The van der Waals surface area contributed by atoms with Crippen molar-refractivity contribution in [3.8, 4) is 0 Å². The molecule has 0 aromatic heterocycles. The zero-order chi connectivity index (χ0) is 10.9. The molecule has 0 aliphatic rings. The van der Waals surface area contributed by atoms with Crippen LogP contribution in [0.3, 0.4) is 0 Å². The van der Waals surface area contributed by atoms with Gasteiger partial charge in [-0.1, -0.05) is 36.4 Å². The summed E-state index contributed by atoms with van der Waals surface area (Å²) in [5, 5.41) is 0. The van der Waals surface area contributed by atoms with E-state index >= 15 is 0 Å². The maximum absolute atomic E-state index is 5.69. The van der Waals surface area contributed by atoms with Crippen molar-refractivity contribution in [3.63, 3.8) is 0 Å². The van der Waals surface area contributed by atoms with E-state index in [9.17, 15) is 0 Å². The Balaban J connectivity index is 2.05. The molecule has 1 unspecified atom stereocenters. The Kier molecular flexibility index (Phi) is 5.74. The summed E-state index contributed by atoms with van der Waals surface area (Å²) in [5.41, 5.74) is 6.91. The Morgan fingerprint density at radius 2 is 2.07 bits per heavy atom. The number of rotatable bonds is 7. The summed E-state index contributed by atoms with van der Waals surface area (Å²) in [5.74, 6) is 0. The van der Waals surface area contributed by atoms with E-state index < -0.39 is 0 Å². The topological polar surface area (TPSA) is 35.2 Å². The molecule has 1 aromatic carbocycles. The molecule has 15 heavy (non-hydrogen) atoms. The number of hydrogen-bond acceptors (Lipinski definition) is 2. The molecule has 1 rings (SSSR count). The molecule has 0 aliphatic heterocycles. The van der Waals surface area contributed by atoms with Gasteiger partial charge in [0.05, 0.1) is 6.61 Å². The lowest BCUT2D eigenvalue weighted by molar-refractivity contribution is 0.116. The van der Waals surface area contributed by atoms with E-state index in [0.717, 1.165) is 19.4 Å². The molecule has 2 N–H and O–H groups in total. The normalized spacial score (nSPS) is 12.3. The van der Waals surface area contributed by atoms with Gasteiger partial charge in [-0.2, -0.15) is 0 Å². The molecule has 0 spiro atoms. The zero-order valence-corrected chi connectivity index (χ0v) is 9.06. The molecule has 0 bridgehead atoms. The average molecular weight is 205 g/mol. The lowest BCUT2D eigenvalue weighted by atomic mass is 10.2. The Morgan fingerprint density at radius 3 is 2.73 bits per heavy atom. The van der Waals surface area contributed by atoms with Crippen LogP contribution in [0.2, 0.25) is 0 Å². The zero-order valence-electron chi connectivity index (χ0n) is 9.06. The van der Waals surface area contributed by atoms with Crippen LogP contribution in [0.4, 0.5) is 0 Å². The maximum atomic E-state index is 5.69. The molecule has 0 amide bonds. The van der Waals surface area contributed by atoms with Gasteiger partial charge in [0, 0.05) is 12.6 Å². The molecule has 0 aliphatic carbocycles. The quantitative estimate of drug-likeness (QED) is 0.548. The smallest absolute Gasteiger partial charge is 0.0716 e. The van der Waals surface area contributed by atoms with Gasteiger partial charge >= 0.3 is 0 Å².